The van der Waals surface area contributed by atoms with Crippen molar-refractivity contribution in [2.75, 3.05) is 19.6 Å². The van der Waals surface area contributed by atoms with Crippen LogP contribution in [-0.4, -0.2) is 24.6 Å². The molecular weight excluding hydrogens is 206 g/mol. The van der Waals surface area contributed by atoms with Crippen LogP contribution in [0.15, 0.2) is 5.38 Å². The molecule has 0 bridgehead atoms. The molecule has 1 heterocycles. The van der Waals surface area contributed by atoms with Crippen LogP contribution >= 0.6 is 11.3 Å². The van der Waals surface area contributed by atoms with Gasteiger partial charge in [0.05, 0.1) is 5.01 Å². The van der Waals surface area contributed by atoms with Gasteiger partial charge in [-0.1, -0.05) is 13.8 Å². The first-order valence-corrected chi connectivity index (χ1v) is 6.23. The maximum absolute atomic E-state index is 5.65. The van der Waals surface area contributed by atoms with Crippen LogP contribution in [-0.2, 0) is 6.42 Å². The molecule has 86 valence electrons. The predicted octanol–water partition coefficient (Wildman–Crippen LogP) is 1.57. The highest BCUT2D eigenvalue weighted by Crippen LogP contribution is 2.11. The first-order chi connectivity index (χ1) is 7.03. The van der Waals surface area contributed by atoms with Gasteiger partial charge in [-0.3, -0.25) is 0 Å². The summed E-state index contributed by atoms with van der Waals surface area (Å²) < 4.78 is 0. The van der Waals surface area contributed by atoms with Gasteiger partial charge in [0.25, 0.3) is 0 Å². The number of aryl methyl sites for hydroxylation is 1. The van der Waals surface area contributed by atoms with E-state index in [1.807, 2.05) is 6.92 Å². The largest absolute Gasteiger partial charge is 0.330 e. The summed E-state index contributed by atoms with van der Waals surface area (Å²) in [6, 6.07) is 0. The molecule has 0 fully saturated rings. The highest BCUT2D eigenvalue weighted by molar-refractivity contribution is 7.09. The standard InChI is InChI=1S/C11H21N3S/c1-9-6-15-10(14-9)4-5-13-8-11(2,3)7-12/h6,13H,4-5,7-8,12H2,1-3H3. The second-order valence-electron chi connectivity index (χ2n) is 4.68. The first kappa shape index (κ1) is 12.6. The molecule has 0 aromatic carbocycles. The molecule has 0 radical (unpaired) electrons. The number of thiazole rings is 1. The van der Waals surface area contributed by atoms with Crippen LogP contribution in [0.4, 0.5) is 0 Å². The van der Waals surface area contributed by atoms with Crippen LogP contribution in [0, 0.1) is 12.3 Å². The number of hydrogen-bond donors (Lipinski definition) is 2. The minimum Gasteiger partial charge on any atom is -0.330 e. The van der Waals surface area contributed by atoms with E-state index < -0.39 is 0 Å². The summed E-state index contributed by atoms with van der Waals surface area (Å²) in [4.78, 5) is 4.42. The van der Waals surface area contributed by atoms with Gasteiger partial charge in [0.1, 0.15) is 0 Å². The molecule has 0 atom stereocenters. The van der Waals surface area contributed by atoms with Crippen LogP contribution in [0.2, 0.25) is 0 Å². The molecule has 15 heavy (non-hydrogen) atoms. The molecule has 0 amide bonds. The highest BCUT2D eigenvalue weighted by Gasteiger charge is 2.14. The molecule has 1 rings (SSSR count). The third-order valence-electron chi connectivity index (χ3n) is 2.34. The van der Waals surface area contributed by atoms with E-state index in [0.29, 0.717) is 0 Å². The average molecular weight is 227 g/mol. The van der Waals surface area contributed by atoms with Crippen molar-refractivity contribution in [3.8, 4) is 0 Å². The maximum Gasteiger partial charge on any atom is 0.0940 e. The fourth-order valence-electron chi connectivity index (χ4n) is 1.21. The zero-order valence-corrected chi connectivity index (χ0v) is 10.7. The second-order valence-corrected chi connectivity index (χ2v) is 5.62. The molecule has 1 aromatic rings. The van der Waals surface area contributed by atoms with Crippen molar-refractivity contribution in [1.29, 1.82) is 0 Å². The van der Waals surface area contributed by atoms with Crippen molar-refractivity contribution in [2.24, 2.45) is 11.1 Å². The Balaban J connectivity index is 2.17. The van der Waals surface area contributed by atoms with Gasteiger partial charge in [0, 0.05) is 30.6 Å². The minimum absolute atomic E-state index is 0.193. The lowest BCUT2D eigenvalue weighted by Crippen LogP contribution is -2.36. The molecule has 0 unspecified atom stereocenters. The van der Waals surface area contributed by atoms with Gasteiger partial charge < -0.3 is 11.1 Å². The summed E-state index contributed by atoms with van der Waals surface area (Å²) in [5, 5.41) is 6.73. The van der Waals surface area contributed by atoms with Crippen LogP contribution < -0.4 is 11.1 Å². The smallest absolute Gasteiger partial charge is 0.0940 e. The second kappa shape index (κ2) is 5.58. The number of nitrogens with zero attached hydrogens (tertiary/aromatic N) is 1. The average Bonchev–Trinajstić information content (AvgIpc) is 2.59. The van der Waals surface area contributed by atoms with E-state index in [-0.39, 0.29) is 5.41 Å². The minimum atomic E-state index is 0.193. The molecule has 0 spiro atoms. The Hall–Kier alpha value is -0.450. The van der Waals surface area contributed by atoms with Gasteiger partial charge in [-0.2, -0.15) is 0 Å². The number of hydrogen-bond acceptors (Lipinski definition) is 4. The van der Waals surface area contributed by atoms with Gasteiger partial charge in [0.15, 0.2) is 0 Å². The SMILES string of the molecule is Cc1csc(CCNCC(C)(C)CN)n1. The van der Waals surface area contributed by atoms with Crippen LogP contribution in [0.25, 0.3) is 0 Å². The Morgan fingerprint density at radius 3 is 2.80 bits per heavy atom. The van der Waals surface area contributed by atoms with Crippen molar-refractivity contribution in [3.63, 3.8) is 0 Å². The highest BCUT2D eigenvalue weighted by atomic mass is 32.1. The van der Waals surface area contributed by atoms with Gasteiger partial charge in [-0.15, -0.1) is 11.3 Å². The Morgan fingerprint density at radius 1 is 1.53 bits per heavy atom. The van der Waals surface area contributed by atoms with Crippen molar-refractivity contribution < 1.29 is 0 Å². The van der Waals surface area contributed by atoms with Crippen LogP contribution in [0.5, 0.6) is 0 Å². The molecule has 3 nitrogen and oxygen atoms in total. The van der Waals surface area contributed by atoms with E-state index >= 15 is 0 Å². The van der Waals surface area contributed by atoms with Gasteiger partial charge in [-0.25, -0.2) is 4.98 Å². The lowest BCUT2D eigenvalue weighted by molar-refractivity contribution is 0.353. The van der Waals surface area contributed by atoms with Gasteiger partial charge in [-0.05, 0) is 18.9 Å². The predicted molar refractivity (Wildman–Crippen MR) is 66.3 cm³/mol. The van der Waals surface area contributed by atoms with E-state index in [1.165, 1.54) is 5.01 Å². The van der Waals surface area contributed by atoms with Gasteiger partial charge in [0.2, 0.25) is 0 Å². The zero-order chi connectivity index (χ0) is 11.3. The normalized spacial score (nSPS) is 12.0. The molecule has 0 aliphatic rings. The Morgan fingerprint density at radius 2 is 2.27 bits per heavy atom. The summed E-state index contributed by atoms with van der Waals surface area (Å²) in [7, 11) is 0. The summed E-state index contributed by atoms with van der Waals surface area (Å²) in [5.74, 6) is 0. The lowest BCUT2D eigenvalue weighted by atomic mass is 9.94. The third kappa shape index (κ3) is 4.73. The Bertz CT molecular complexity index is 294. The van der Waals surface area contributed by atoms with E-state index in [9.17, 15) is 0 Å². The number of aromatic nitrogens is 1. The maximum atomic E-state index is 5.65. The monoisotopic (exact) mass is 227 g/mol. The molecule has 0 aliphatic carbocycles. The quantitative estimate of drug-likeness (QED) is 0.725. The molecule has 3 N–H and O–H groups in total. The van der Waals surface area contributed by atoms with Crippen LogP contribution in [0.3, 0.4) is 0 Å². The fourth-order valence-corrected chi connectivity index (χ4v) is 1.99. The van der Waals surface area contributed by atoms with E-state index in [0.717, 1.165) is 31.7 Å². The molecule has 0 saturated carbocycles. The molecule has 0 saturated heterocycles. The summed E-state index contributed by atoms with van der Waals surface area (Å²) in [5.41, 5.74) is 6.97. The van der Waals surface area contributed by atoms with Crippen molar-refractivity contribution in [1.82, 2.24) is 10.3 Å². The van der Waals surface area contributed by atoms with E-state index in [1.54, 1.807) is 11.3 Å². The first-order valence-electron chi connectivity index (χ1n) is 5.35. The zero-order valence-electron chi connectivity index (χ0n) is 9.84. The summed E-state index contributed by atoms with van der Waals surface area (Å²) >= 11 is 1.74. The number of nitrogens with one attached hydrogen (secondary N) is 1. The van der Waals surface area contributed by atoms with Gasteiger partial charge >= 0.3 is 0 Å². The van der Waals surface area contributed by atoms with Crippen molar-refractivity contribution in [3.05, 3.63) is 16.1 Å². The molecule has 0 aliphatic heterocycles. The van der Waals surface area contributed by atoms with E-state index in [4.69, 9.17) is 5.73 Å². The van der Waals surface area contributed by atoms with Crippen molar-refractivity contribution >= 4 is 11.3 Å². The molecule has 1 aromatic heterocycles. The lowest BCUT2D eigenvalue weighted by Gasteiger charge is -2.22. The third-order valence-corrected chi connectivity index (χ3v) is 3.36. The topological polar surface area (TPSA) is 50.9 Å². The molecule has 4 heteroatoms. The summed E-state index contributed by atoms with van der Waals surface area (Å²) in [6.07, 6.45) is 1.01. The summed E-state index contributed by atoms with van der Waals surface area (Å²) in [6.45, 7) is 9.05. The van der Waals surface area contributed by atoms with Crippen molar-refractivity contribution in [2.45, 2.75) is 27.2 Å². The van der Waals surface area contributed by atoms with E-state index in [2.05, 4.69) is 29.5 Å². The Labute approximate surface area is 96.1 Å². The molecular formula is C11H21N3S. The van der Waals surface area contributed by atoms with Crippen LogP contribution in [0.1, 0.15) is 24.5 Å². The Kier molecular flexibility index (Phi) is 4.70. The number of nitrogens with two attached hydrogens (primary N) is 1. The number of rotatable bonds is 6. The fraction of sp³-hybridized carbons (Fsp3) is 0.727.